The Kier molecular flexibility index (Phi) is 5.68. The van der Waals surface area contributed by atoms with Crippen molar-refractivity contribution in [3.63, 3.8) is 0 Å². The molecule has 1 rings (SSSR count). The molecule has 0 spiro atoms. The van der Waals surface area contributed by atoms with Gasteiger partial charge in [-0.1, -0.05) is 0 Å². The third-order valence-electron chi connectivity index (χ3n) is 2.54. The molecule has 0 aliphatic carbocycles. The smallest absolute Gasteiger partial charge is 0.322 e. The van der Waals surface area contributed by atoms with Gasteiger partial charge in [-0.2, -0.15) is 0 Å². The number of carboxylic acids is 1. The number of carbonyl (C=O) groups is 2. The van der Waals surface area contributed by atoms with Gasteiger partial charge in [0.2, 0.25) is 15.9 Å². The zero-order chi connectivity index (χ0) is 16.0. The third kappa shape index (κ3) is 5.04. The zero-order valence-electron chi connectivity index (χ0n) is 11.5. The van der Waals surface area contributed by atoms with Crippen molar-refractivity contribution in [2.75, 3.05) is 20.2 Å². The second-order valence-electron chi connectivity index (χ2n) is 4.13. The molecule has 0 aromatic heterocycles. The summed E-state index contributed by atoms with van der Waals surface area (Å²) >= 11 is 0. The van der Waals surface area contributed by atoms with E-state index >= 15 is 0 Å². The Morgan fingerprint density at radius 1 is 1.29 bits per heavy atom. The Balaban J connectivity index is 2.71. The third-order valence-corrected chi connectivity index (χ3v) is 3.94. The summed E-state index contributed by atoms with van der Waals surface area (Å²) in [6, 6.07) is 4.27. The van der Waals surface area contributed by atoms with E-state index in [9.17, 15) is 18.0 Å². The van der Waals surface area contributed by atoms with Crippen LogP contribution in [0.5, 0.6) is 5.75 Å². The van der Waals surface area contributed by atoms with Crippen molar-refractivity contribution in [3.8, 4) is 5.75 Å². The lowest BCUT2D eigenvalue weighted by atomic mass is 10.2. The maximum atomic E-state index is 12.0. The molecule has 0 fully saturated rings. The molecule has 0 saturated carbocycles. The van der Waals surface area contributed by atoms with Crippen molar-refractivity contribution < 1.29 is 27.9 Å². The van der Waals surface area contributed by atoms with Gasteiger partial charge in [0.25, 0.3) is 0 Å². The van der Waals surface area contributed by atoms with E-state index in [4.69, 9.17) is 9.84 Å². The average Bonchev–Trinajstić information content (AvgIpc) is 2.42. The summed E-state index contributed by atoms with van der Waals surface area (Å²) in [5.41, 5.74) is 0.635. The van der Waals surface area contributed by atoms with E-state index < -0.39 is 35.0 Å². The Bertz CT molecular complexity index is 641. The summed E-state index contributed by atoms with van der Waals surface area (Å²) in [6.07, 6.45) is 0. The van der Waals surface area contributed by atoms with Crippen LogP contribution >= 0.6 is 0 Å². The van der Waals surface area contributed by atoms with Crippen molar-refractivity contribution in [2.24, 2.45) is 0 Å². The number of ether oxygens (including phenoxy) is 1. The van der Waals surface area contributed by atoms with Crippen molar-refractivity contribution in [1.29, 1.82) is 0 Å². The van der Waals surface area contributed by atoms with E-state index in [1.165, 1.54) is 25.3 Å². The Morgan fingerprint density at radius 3 is 2.48 bits per heavy atom. The fourth-order valence-electron chi connectivity index (χ4n) is 1.50. The number of methoxy groups -OCH3 is 1. The number of nitrogens with one attached hydrogen (secondary N) is 2. The molecule has 9 heteroatoms. The van der Waals surface area contributed by atoms with Gasteiger partial charge in [0, 0.05) is 0 Å². The summed E-state index contributed by atoms with van der Waals surface area (Å²) in [4.78, 5) is 21.5. The van der Waals surface area contributed by atoms with Gasteiger partial charge in [0.15, 0.2) is 0 Å². The molecule has 0 aliphatic rings. The molecule has 0 radical (unpaired) electrons. The second kappa shape index (κ2) is 7.04. The van der Waals surface area contributed by atoms with Crippen LogP contribution in [0.15, 0.2) is 23.1 Å². The fraction of sp³-hybridized carbons (Fsp3) is 0.333. The number of hydrogen-bond donors (Lipinski definition) is 3. The second-order valence-corrected chi connectivity index (χ2v) is 5.89. The highest BCUT2D eigenvalue weighted by Crippen LogP contribution is 2.20. The first-order chi connectivity index (χ1) is 9.76. The average molecular weight is 316 g/mol. The highest BCUT2D eigenvalue weighted by Gasteiger charge is 2.16. The molecular weight excluding hydrogens is 300 g/mol. The van der Waals surface area contributed by atoms with Gasteiger partial charge in [-0.05, 0) is 30.7 Å². The molecule has 116 valence electrons. The molecule has 0 atom stereocenters. The number of hydrogen-bond acceptors (Lipinski definition) is 5. The first-order valence-electron chi connectivity index (χ1n) is 5.89. The summed E-state index contributed by atoms with van der Waals surface area (Å²) in [7, 11) is -2.38. The molecule has 21 heavy (non-hydrogen) atoms. The molecule has 0 saturated heterocycles. The Hall–Kier alpha value is -2.13. The number of rotatable bonds is 7. The molecule has 8 nitrogen and oxygen atoms in total. The van der Waals surface area contributed by atoms with Gasteiger partial charge in [-0.15, -0.1) is 0 Å². The van der Waals surface area contributed by atoms with Crippen molar-refractivity contribution in [1.82, 2.24) is 10.0 Å². The van der Waals surface area contributed by atoms with Crippen molar-refractivity contribution in [3.05, 3.63) is 23.8 Å². The monoisotopic (exact) mass is 316 g/mol. The zero-order valence-corrected chi connectivity index (χ0v) is 12.4. The van der Waals surface area contributed by atoms with Crippen molar-refractivity contribution in [2.45, 2.75) is 11.8 Å². The van der Waals surface area contributed by atoms with Crippen LogP contribution in [0.4, 0.5) is 0 Å². The van der Waals surface area contributed by atoms with Gasteiger partial charge in [0.05, 0.1) is 18.6 Å². The van der Waals surface area contributed by atoms with Gasteiger partial charge in [-0.3, -0.25) is 9.59 Å². The van der Waals surface area contributed by atoms with E-state index in [0.29, 0.717) is 11.3 Å². The number of benzene rings is 1. The van der Waals surface area contributed by atoms with E-state index in [0.717, 1.165) is 0 Å². The van der Waals surface area contributed by atoms with Crippen LogP contribution in [-0.4, -0.2) is 45.6 Å². The lowest BCUT2D eigenvalue weighted by Crippen LogP contribution is -2.38. The van der Waals surface area contributed by atoms with Crippen LogP contribution in [-0.2, 0) is 19.6 Å². The normalized spacial score (nSPS) is 11.0. The number of amides is 1. The predicted octanol–water partition coefficient (Wildman–Crippen LogP) is -0.517. The standard InChI is InChI=1S/C12H16N2O6S/c1-8-5-9(3-4-10(8)20-2)21(18,19)14-6-11(15)13-7-12(16)17/h3-5,14H,6-7H2,1-2H3,(H,13,15)(H,16,17). The van der Waals surface area contributed by atoms with E-state index in [1.54, 1.807) is 6.92 Å². The van der Waals surface area contributed by atoms with E-state index in [2.05, 4.69) is 10.0 Å². The predicted molar refractivity (Wildman–Crippen MR) is 73.6 cm³/mol. The number of carbonyl (C=O) groups excluding carboxylic acids is 1. The quantitative estimate of drug-likeness (QED) is 0.622. The molecular formula is C12H16N2O6S. The van der Waals surface area contributed by atoms with Gasteiger partial charge < -0.3 is 15.2 Å². The van der Waals surface area contributed by atoms with Gasteiger partial charge in [-0.25, -0.2) is 13.1 Å². The number of carboxylic acid groups (broad SMARTS) is 1. The van der Waals surface area contributed by atoms with Gasteiger partial charge in [0.1, 0.15) is 12.3 Å². The maximum absolute atomic E-state index is 12.0. The first kappa shape index (κ1) is 16.9. The summed E-state index contributed by atoms with van der Waals surface area (Å²) in [6.45, 7) is 0.584. The van der Waals surface area contributed by atoms with E-state index in [-0.39, 0.29) is 4.90 Å². The summed E-state index contributed by atoms with van der Waals surface area (Å²) in [5.74, 6) is -1.39. The minimum atomic E-state index is -3.86. The Morgan fingerprint density at radius 2 is 1.95 bits per heavy atom. The van der Waals surface area contributed by atoms with Crippen LogP contribution in [0.1, 0.15) is 5.56 Å². The number of aryl methyl sites for hydroxylation is 1. The molecule has 0 aliphatic heterocycles. The molecule has 0 bridgehead atoms. The largest absolute Gasteiger partial charge is 0.496 e. The molecule has 0 heterocycles. The SMILES string of the molecule is COc1ccc(S(=O)(=O)NCC(=O)NCC(=O)O)cc1C. The number of sulfonamides is 1. The van der Waals surface area contributed by atoms with Crippen LogP contribution in [0.25, 0.3) is 0 Å². The molecule has 1 aromatic rings. The molecule has 0 unspecified atom stereocenters. The first-order valence-corrected chi connectivity index (χ1v) is 7.37. The highest BCUT2D eigenvalue weighted by atomic mass is 32.2. The van der Waals surface area contributed by atoms with Crippen LogP contribution < -0.4 is 14.8 Å². The fourth-order valence-corrected chi connectivity index (χ4v) is 2.57. The van der Waals surface area contributed by atoms with Crippen LogP contribution in [0, 0.1) is 6.92 Å². The summed E-state index contributed by atoms with van der Waals surface area (Å²) < 4.78 is 31.1. The Labute approximate surface area is 122 Å². The lowest BCUT2D eigenvalue weighted by Gasteiger charge is -2.09. The topological polar surface area (TPSA) is 122 Å². The lowest BCUT2D eigenvalue weighted by molar-refractivity contribution is -0.137. The van der Waals surface area contributed by atoms with E-state index in [1.807, 2.05) is 0 Å². The molecule has 1 amide bonds. The number of aliphatic carboxylic acids is 1. The molecule has 1 aromatic carbocycles. The minimum Gasteiger partial charge on any atom is -0.496 e. The highest BCUT2D eigenvalue weighted by molar-refractivity contribution is 7.89. The van der Waals surface area contributed by atoms with Crippen molar-refractivity contribution >= 4 is 21.9 Å². The maximum Gasteiger partial charge on any atom is 0.322 e. The van der Waals surface area contributed by atoms with Crippen LogP contribution in [0.2, 0.25) is 0 Å². The van der Waals surface area contributed by atoms with Crippen LogP contribution in [0.3, 0.4) is 0 Å². The van der Waals surface area contributed by atoms with Gasteiger partial charge >= 0.3 is 5.97 Å². The molecule has 3 N–H and O–H groups in total. The summed E-state index contributed by atoms with van der Waals surface area (Å²) in [5, 5.41) is 10.4. The minimum absolute atomic E-state index is 0.00756.